The summed E-state index contributed by atoms with van der Waals surface area (Å²) >= 11 is 0. The molecule has 1 aliphatic heterocycles. The molecule has 0 unspecified atom stereocenters. The van der Waals surface area contributed by atoms with Gasteiger partial charge in [-0.2, -0.15) is 4.72 Å². The van der Waals surface area contributed by atoms with Crippen molar-refractivity contribution in [2.45, 2.75) is 17.4 Å². The average molecular weight is 302 g/mol. The highest BCUT2D eigenvalue weighted by Gasteiger charge is 2.27. The number of aliphatic carboxylic acids is 1. The summed E-state index contributed by atoms with van der Waals surface area (Å²) < 4.78 is 38.5. The van der Waals surface area contributed by atoms with Gasteiger partial charge in [-0.05, 0) is 24.1 Å². The van der Waals surface area contributed by atoms with Crippen molar-refractivity contribution in [1.82, 2.24) is 4.72 Å². The molecule has 0 bridgehead atoms. The van der Waals surface area contributed by atoms with Crippen LogP contribution in [0.2, 0.25) is 0 Å². The van der Waals surface area contributed by atoms with E-state index in [4.69, 9.17) is 5.11 Å². The molecule has 1 aliphatic rings. The number of carboxylic acid groups (broad SMARTS) is 1. The van der Waals surface area contributed by atoms with Crippen molar-refractivity contribution in [3.8, 4) is 0 Å². The van der Waals surface area contributed by atoms with Crippen LogP contribution in [0.15, 0.2) is 23.1 Å². The Balaban J connectivity index is 2.31. The van der Waals surface area contributed by atoms with Gasteiger partial charge < -0.3 is 10.0 Å². The molecule has 20 heavy (non-hydrogen) atoms. The fraction of sp³-hybridized carbons (Fsp3) is 0.417. The Kier molecular flexibility index (Phi) is 3.96. The molecular formula is C12H15FN2O4S. The van der Waals surface area contributed by atoms with E-state index >= 15 is 0 Å². The Morgan fingerprint density at radius 3 is 2.85 bits per heavy atom. The van der Waals surface area contributed by atoms with Crippen LogP contribution in [0.5, 0.6) is 0 Å². The number of hydrogen-bond donors (Lipinski definition) is 2. The first-order valence-electron chi connectivity index (χ1n) is 6.00. The van der Waals surface area contributed by atoms with Crippen LogP contribution in [-0.4, -0.2) is 45.8 Å². The Hall–Kier alpha value is -1.67. The lowest BCUT2D eigenvalue weighted by Gasteiger charge is -2.15. The maximum absolute atomic E-state index is 12.5. The molecule has 6 nitrogen and oxygen atoms in total. The normalized spacial score (nSPS) is 16.0. The van der Waals surface area contributed by atoms with Gasteiger partial charge in [0, 0.05) is 19.3 Å². The predicted octanol–water partition coefficient (Wildman–Crippen LogP) is 0.380. The third-order valence-corrected chi connectivity index (χ3v) is 4.71. The molecule has 0 spiro atoms. The molecule has 0 aliphatic carbocycles. The number of alkyl halides is 1. The zero-order chi connectivity index (χ0) is 14.9. The molecule has 2 rings (SSSR count). The van der Waals surface area contributed by atoms with Gasteiger partial charge in [0.15, 0.2) is 0 Å². The van der Waals surface area contributed by atoms with E-state index in [1.54, 1.807) is 6.07 Å². The number of anilines is 1. The molecule has 1 heterocycles. The predicted molar refractivity (Wildman–Crippen MR) is 71.1 cm³/mol. The molecule has 0 aromatic heterocycles. The summed E-state index contributed by atoms with van der Waals surface area (Å²) in [7, 11) is -2.21. The molecule has 110 valence electrons. The number of nitrogens with zero attached hydrogens (tertiary/aromatic N) is 1. The number of rotatable bonds is 5. The molecule has 1 atom stereocenters. The molecule has 0 saturated carbocycles. The van der Waals surface area contributed by atoms with Crippen LogP contribution in [0.25, 0.3) is 0 Å². The second-order valence-electron chi connectivity index (χ2n) is 4.63. The SMILES string of the molecule is CN1CCc2ccc(S(=O)(=O)N[C@H](CF)C(=O)O)cc21. The fourth-order valence-corrected chi connectivity index (χ4v) is 3.28. The lowest BCUT2D eigenvalue weighted by Crippen LogP contribution is -2.42. The monoisotopic (exact) mass is 302 g/mol. The van der Waals surface area contributed by atoms with Crippen LogP contribution in [0.4, 0.5) is 10.1 Å². The number of sulfonamides is 1. The Morgan fingerprint density at radius 2 is 2.25 bits per heavy atom. The summed E-state index contributed by atoms with van der Waals surface area (Å²) in [6, 6.07) is 2.80. The van der Waals surface area contributed by atoms with E-state index in [0.717, 1.165) is 24.2 Å². The fourth-order valence-electron chi connectivity index (χ4n) is 2.09. The van der Waals surface area contributed by atoms with Gasteiger partial charge >= 0.3 is 5.97 Å². The van der Waals surface area contributed by atoms with Gasteiger partial charge in [-0.15, -0.1) is 0 Å². The molecular weight excluding hydrogens is 287 g/mol. The minimum Gasteiger partial charge on any atom is -0.480 e. The van der Waals surface area contributed by atoms with Gasteiger partial charge in [-0.3, -0.25) is 4.79 Å². The van der Waals surface area contributed by atoms with E-state index in [9.17, 15) is 17.6 Å². The first-order chi connectivity index (χ1) is 9.35. The van der Waals surface area contributed by atoms with Crippen LogP contribution in [0.3, 0.4) is 0 Å². The van der Waals surface area contributed by atoms with E-state index < -0.39 is 28.7 Å². The number of nitrogens with one attached hydrogen (secondary N) is 1. The van der Waals surface area contributed by atoms with Crippen molar-refractivity contribution in [3.63, 3.8) is 0 Å². The summed E-state index contributed by atoms with van der Waals surface area (Å²) in [5.41, 5.74) is 1.83. The van der Waals surface area contributed by atoms with E-state index in [1.165, 1.54) is 12.1 Å². The quantitative estimate of drug-likeness (QED) is 0.821. The summed E-state index contributed by atoms with van der Waals surface area (Å²) in [6.07, 6.45) is 0.835. The van der Waals surface area contributed by atoms with Crippen molar-refractivity contribution < 1.29 is 22.7 Å². The minimum atomic E-state index is -4.06. The third kappa shape index (κ3) is 2.75. The van der Waals surface area contributed by atoms with E-state index in [2.05, 4.69) is 0 Å². The zero-order valence-electron chi connectivity index (χ0n) is 10.8. The Labute approximate surface area is 116 Å². The third-order valence-electron chi connectivity index (χ3n) is 3.24. The summed E-state index contributed by atoms with van der Waals surface area (Å²) in [4.78, 5) is 12.6. The maximum atomic E-state index is 12.5. The van der Waals surface area contributed by atoms with Gasteiger partial charge in [-0.1, -0.05) is 6.07 Å². The number of likely N-dealkylation sites (N-methyl/N-ethyl adjacent to an activating group) is 1. The smallest absolute Gasteiger partial charge is 0.324 e. The highest BCUT2D eigenvalue weighted by molar-refractivity contribution is 7.89. The lowest BCUT2D eigenvalue weighted by atomic mass is 10.2. The number of carboxylic acids is 1. The van der Waals surface area contributed by atoms with E-state index in [0.29, 0.717) is 0 Å². The van der Waals surface area contributed by atoms with Crippen LogP contribution >= 0.6 is 0 Å². The average Bonchev–Trinajstić information content (AvgIpc) is 2.77. The molecule has 0 amide bonds. The van der Waals surface area contributed by atoms with Gasteiger partial charge in [-0.25, -0.2) is 12.8 Å². The van der Waals surface area contributed by atoms with Crippen LogP contribution < -0.4 is 9.62 Å². The molecule has 0 saturated heterocycles. The van der Waals surface area contributed by atoms with Crippen LogP contribution in [0, 0.1) is 0 Å². The molecule has 0 radical (unpaired) electrons. The molecule has 8 heteroatoms. The minimum absolute atomic E-state index is 0.0651. The van der Waals surface area contributed by atoms with Gasteiger partial charge in [0.25, 0.3) is 0 Å². The summed E-state index contributed by atoms with van der Waals surface area (Å²) in [5, 5.41) is 8.71. The zero-order valence-corrected chi connectivity index (χ0v) is 11.7. The van der Waals surface area contributed by atoms with Crippen molar-refractivity contribution in [2.75, 3.05) is 25.2 Å². The van der Waals surface area contributed by atoms with Gasteiger partial charge in [0.05, 0.1) is 4.90 Å². The molecule has 1 aromatic rings. The van der Waals surface area contributed by atoms with Crippen LogP contribution in [0.1, 0.15) is 5.56 Å². The maximum Gasteiger partial charge on any atom is 0.324 e. The first kappa shape index (κ1) is 14.7. The number of halogens is 1. The summed E-state index contributed by atoms with van der Waals surface area (Å²) in [6.45, 7) is -0.506. The van der Waals surface area contributed by atoms with Crippen molar-refractivity contribution in [3.05, 3.63) is 23.8 Å². The van der Waals surface area contributed by atoms with Gasteiger partial charge in [0.1, 0.15) is 12.7 Å². The number of carbonyl (C=O) groups is 1. The lowest BCUT2D eigenvalue weighted by molar-refractivity contribution is -0.139. The van der Waals surface area contributed by atoms with Crippen LogP contribution in [-0.2, 0) is 21.2 Å². The summed E-state index contributed by atoms with van der Waals surface area (Å²) in [5.74, 6) is -1.55. The highest BCUT2D eigenvalue weighted by Crippen LogP contribution is 2.29. The molecule has 2 N–H and O–H groups in total. The second-order valence-corrected chi connectivity index (χ2v) is 6.34. The molecule has 1 aromatic carbocycles. The van der Waals surface area contributed by atoms with Crippen molar-refractivity contribution in [2.24, 2.45) is 0 Å². The number of fused-ring (bicyclic) bond motifs is 1. The largest absolute Gasteiger partial charge is 0.480 e. The topological polar surface area (TPSA) is 86.7 Å². The number of benzene rings is 1. The van der Waals surface area contributed by atoms with E-state index in [1.807, 2.05) is 16.7 Å². The van der Waals surface area contributed by atoms with Crippen molar-refractivity contribution in [1.29, 1.82) is 0 Å². The Bertz CT molecular complexity index is 632. The van der Waals surface area contributed by atoms with Crippen molar-refractivity contribution >= 4 is 21.7 Å². The Morgan fingerprint density at radius 1 is 1.55 bits per heavy atom. The molecule has 0 fully saturated rings. The van der Waals surface area contributed by atoms with Gasteiger partial charge in [0.2, 0.25) is 10.0 Å². The van der Waals surface area contributed by atoms with E-state index in [-0.39, 0.29) is 4.90 Å². The first-order valence-corrected chi connectivity index (χ1v) is 7.48. The second kappa shape index (κ2) is 5.37. The highest BCUT2D eigenvalue weighted by atomic mass is 32.2. The number of hydrogen-bond acceptors (Lipinski definition) is 4. The standard InChI is InChI=1S/C12H15FN2O4S/c1-15-5-4-8-2-3-9(6-11(8)15)20(18,19)14-10(7-13)12(16)17/h2-3,6,10,14H,4-5,7H2,1H3,(H,16,17)/t10-/m1/s1.